The van der Waals surface area contributed by atoms with Crippen molar-refractivity contribution < 1.29 is 9.53 Å². The third-order valence-corrected chi connectivity index (χ3v) is 4.70. The van der Waals surface area contributed by atoms with Crippen LogP contribution in [0.5, 0.6) is 5.75 Å². The lowest BCUT2D eigenvalue weighted by Gasteiger charge is -2.26. The lowest BCUT2D eigenvalue weighted by Crippen LogP contribution is -2.35. The van der Waals surface area contributed by atoms with Crippen molar-refractivity contribution >= 4 is 23.3 Å². The predicted octanol–water partition coefficient (Wildman–Crippen LogP) is 4.16. The van der Waals surface area contributed by atoms with Gasteiger partial charge in [-0.25, -0.2) is 4.98 Å². The lowest BCUT2D eigenvalue weighted by molar-refractivity contribution is 0.0724. The van der Waals surface area contributed by atoms with Gasteiger partial charge in [0.2, 0.25) is 0 Å². The molecule has 0 unspecified atom stereocenters. The fraction of sp³-hybridized carbons (Fsp3) is 0.400. The molecule has 0 saturated carbocycles. The molecular weight excluding hydrogens is 350 g/mol. The number of aromatic nitrogens is 1. The fourth-order valence-electron chi connectivity index (χ4n) is 2.94. The summed E-state index contributed by atoms with van der Waals surface area (Å²) in [5, 5.41) is 3.59. The number of amides is 1. The van der Waals surface area contributed by atoms with Crippen molar-refractivity contribution in [2.75, 3.05) is 31.6 Å². The zero-order chi connectivity index (χ0) is 18.4. The van der Waals surface area contributed by atoms with Crippen molar-refractivity contribution in [2.45, 2.75) is 26.2 Å². The first kappa shape index (κ1) is 18.5. The van der Waals surface area contributed by atoms with Gasteiger partial charge in [-0.05, 0) is 44.4 Å². The molecule has 1 N–H and O–H groups in total. The summed E-state index contributed by atoms with van der Waals surface area (Å²) in [4.78, 5) is 18.7. The molecule has 0 aliphatic carbocycles. The number of rotatable bonds is 6. The fourth-order valence-corrected chi connectivity index (χ4v) is 3.17. The molecule has 1 aromatic carbocycles. The lowest BCUT2D eigenvalue weighted by atomic mass is 10.1. The summed E-state index contributed by atoms with van der Waals surface area (Å²) in [5.74, 6) is 1.40. The van der Waals surface area contributed by atoms with Gasteiger partial charge < -0.3 is 15.0 Å². The quantitative estimate of drug-likeness (QED) is 0.772. The summed E-state index contributed by atoms with van der Waals surface area (Å²) in [6.45, 7) is 4.73. The number of ether oxygens (including phenoxy) is 1. The molecule has 5 nitrogen and oxygen atoms in total. The van der Waals surface area contributed by atoms with Crippen molar-refractivity contribution in [1.29, 1.82) is 0 Å². The Morgan fingerprint density at radius 1 is 1.23 bits per heavy atom. The Kier molecular flexibility index (Phi) is 6.34. The summed E-state index contributed by atoms with van der Waals surface area (Å²) in [6, 6.07) is 9.61. The molecule has 2 heterocycles. The molecule has 0 spiro atoms. The molecule has 1 aromatic heterocycles. The second-order valence-corrected chi connectivity index (χ2v) is 6.90. The number of benzene rings is 1. The molecule has 1 amide bonds. The molecule has 0 bridgehead atoms. The van der Waals surface area contributed by atoms with Crippen LogP contribution in [0.1, 0.15) is 35.2 Å². The van der Waals surface area contributed by atoms with Crippen molar-refractivity contribution in [2.24, 2.45) is 0 Å². The Morgan fingerprint density at radius 3 is 2.65 bits per heavy atom. The van der Waals surface area contributed by atoms with E-state index >= 15 is 0 Å². The number of pyridine rings is 1. The number of carbonyl (C=O) groups excluding carboxylic acids is 1. The van der Waals surface area contributed by atoms with E-state index in [1.165, 1.54) is 12.0 Å². The molecule has 6 heteroatoms. The monoisotopic (exact) mass is 373 g/mol. The van der Waals surface area contributed by atoms with Crippen LogP contribution in [0.3, 0.4) is 0 Å². The van der Waals surface area contributed by atoms with E-state index in [2.05, 4.69) is 10.3 Å². The summed E-state index contributed by atoms with van der Waals surface area (Å²) in [7, 11) is 0. The second kappa shape index (κ2) is 8.90. The average Bonchev–Trinajstić information content (AvgIpc) is 2.67. The number of nitrogens with one attached hydrogen (secondary N) is 1. The van der Waals surface area contributed by atoms with Gasteiger partial charge >= 0.3 is 0 Å². The van der Waals surface area contributed by atoms with Gasteiger partial charge in [-0.15, -0.1) is 0 Å². The normalized spacial score (nSPS) is 14.2. The maximum atomic E-state index is 12.5. The van der Waals surface area contributed by atoms with Gasteiger partial charge in [0.25, 0.3) is 5.91 Å². The third kappa shape index (κ3) is 4.88. The minimum atomic E-state index is 0.00774. The van der Waals surface area contributed by atoms with Gasteiger partial charge in [0.1, 0.15) is 18.2 Å². The molecule has 1 aliphatic heterocycles. The van der Waals surface area contributed by atoms with Crippen LogP contribution >= 0.6 is 11.6 Å². The zero-order valence-electron chi connectivity index (χ0n) is 15.0. The Morgan fingerprint density at radius 2 is 1.96 bits per heavy atom. The van der Waals surface area contributed by atoms with Crippen LogP contribution in [-0.4, -0.2) is 42.0 Å². The van der Waals surface area contributed by atoms with Crippen LogP contribution in [0.2, 0.25) is 5.02 Å². The van der Waals surface area contributed by atoms with Gasteiger partial charge in [-0.1, -0.05) is 29.3 Å². The number of likely N-dealkylation sites (tertiary alicyclic amines) is 1. The number of hydrogen-bond acceptors (Lipinski definition) is 4. The Bertz CT molecular complexity index is 743. The van der Waals surface area contributed by atoms with Crippen LogP contribution in [0, 0.1) is 6.92 Å². The van der Waals surface area contributed by atoms with E-state index in [0.29, 0.717) is 29.6 Å². The van der Waals surface area contributed by atoms with E-state index in [4.69, 9.17) is 16.3 Å². The van der Waals surface area contributed by atoms with Crippen molar-refractivity contribution in [3.8, 4) is 5.75 Å². The molecule has 0 radical (unpaired) electrons. The highest BCUT2D eigenvalue weighted by molar-refractivity contribution is 6.33. The topological polar surface area (TPSA) is 54.5 Å². The van der Waals surface area contributed by atoms with Crippen molar-refractivity contribution in [3.05, 3.63) is 52.7 Å². The molecule has 2 aromatic rings. The summed E-state index contributed by atoms with van der Waals surface area (Å²) in [6.07, 6.45) is 4.91. The van der Waals surface area contributed by atoms with Crippen LogP contribution in [0.15, 0.2) is 36.5 Å². The van der Waals surface area contributed by atoms with Crippen LogP contribution < -0.4 is 10.1 Å². The van der Waals surface area contributed by atoms with E-state index in [1.807, 2.05) is 36.1 Å². The predicted molar refractivity (Wildman–Crippen MR) is 104 cm³/mol. The van der Waals surface area contributed by atoms with Crippen LogP contribution in [-0.2, 0) is 0 Å². The number of aryl methyl sites for hydroxylation is 1. The minimum absolute atomic E-state index is 0.00774. The molecule has 3 rings (SSSR count). The maximum absolute atomic E-state index is 12.5. The van der Waals surface area contributed by atoms with Crippen molar-refractivity contribution in [3.63, 3.8) is 0 Å². The van der Waals surface area contributed by atoms with Gasteiger partial charge in [0.15, 0.2) is 0 Å². The van der Waals surface area contributed by atoms with Crippen LogP contribution in [0.25, 0.3) is 0 Å². The SMILES string of the molecule is Cc1ccc(OCCNc2ncc(C(=O)N3CCCCC3)cc2Cl)cc1. The molecule has 1 fully saturated rings. The molecule has 1 aliphatic rings. The van der Waals surface area contributed by atoms with E-state index in [0.717, 1.165) is 31.7 Å². The number of nitrogens with zero attached hydrogens (tertiary/aromatic N) is 2. The van der Waals surface area contributed by atoms with Gasteiger partial charge in [-0.2, -0.15) is 0 Å². The second-order valence-electron chi connectivity index (χ2n) is 6.50. The average molecular weight is 374 g/mol. The first-order valence-electron chi connectivity index (χ1n) is 9.01. The van der Waals surface area contributed by atoms with Crippen molar-refractivity contribution in [1.82, 2.24) is 9.88 Å². The van der Waals surface area contributed by atoms with Gasteiger partial charge in [0.05, 0.1) is 17.1 Å². The summed E-state index contributed by atoms with van der Waals surface area (Å²) < 4.78 is 5.67. The molecule has 0 atom stereocenters. The Labute approximate surface area is 159 Å². The molecule has 26 heavy (non-hydrogen) atoms. The number of hydrogen-bond donors (Lipinski definition) is 1. The maximum Gasteiger partial charge on any atom is 0.255 e. The minimum Gasteiger partial charge on any atom is -0.492 e. The highest BCUT2D eigenvalue weighted by atomic mass is 35.5. The number of anilines is 1. The highest BCUT2D eigenvalue weighted by Gasteiger charge is 2.19. The standard InChI is InChI=1S/C20H24ClN3O2/c1-15-5-7-17(8-6-15)26-12-9-22-19-18(21)13-16(14-23-19)20(25)24-10-3-2-4-11-24/h5-8,13-14H,2-4,9-12H2,1H3,(H,22,23). The van der Waals surface area contributed by atoms with Gasteiger partial charge in [0, 0.05) is 19.3 Å². The third-order valence-electron chi connectivity index (χ3n) is 4.42. The smallest absolute Gasteiger partial charge is 0.255 e. The largest absolute Gasteiger partial charge is 0.492 e. The first-order chi connectivity index (χ1) is 12.6. The van der Waals surface area contributed by atoms with E-state index in [9.17, 15) is 4.79 Å². The van der Waals surface area contributed by atoms with E-state index < -0.39 is 0 Å². The molecular formula is C20H24ClN3O2. The molecule has 138 valence electrons. The number of carbonyl (C=O) groups is 1. The van der Waals surface area contributed by atoms with Crippen LogP contribution in [0.4, 0.5) is 5.82 Å². The number of halogens is 1. The Balaban J connectivity index is 1.50. The van der Waals surface area contributed by atoms with E-state index in [-0.39, 0.29) is 5.91 Å². The molecule has 1 saturated heterocycles. The Hall–Kier alpha value is -2.27. The zero-order valence-corrected chi connectivity index (χ0v) is 15.8. The first-order valence-corrected chi connectivity index (χ1v) is 9.39. The van der Waals surface area contributed by atoms with E-state index in [1.54, 1.807) is 12.3 Å². The summed E-state index contributed by atoms with van der Waals surface area (Å²) in [5.41, 5.74) is 1.74. The highest BCUT2D eigenvalue weighted by Crippen LogP contribution is 2.22. The van der Waals surface area contributed by atoms with Gasteiger partial charge in [-0.3, -0.25) is 4.79 Å². The summed E-state index contributed by atoms with van der Waals surface area (Å²) >= 11 is 6.29. The number of piperidine rings is 1.